The Morgan fingerprint density at radius 3 is 2.68 bits per heavy atom. The van der Waals surface area contributed by atoms with E-state index >= 15 is 0 Å². The molecule has 0 radical (unpaired) electrons. The molecule has 2 aromatic rings. The summed E-state index contributed by atoms with van der Waals surface area (Å²) in [4.78, 5) is 11.3. The Balaban J connectivity index is 2.13. The molecule has 1 aromatic carbocycles. The predicted molar refractivity (Wildman–Crippen MR) is 72.7 cm³/mol. The first-order chi connectivity index (χ1) is 9.24. The molecule has 1 aromatic heterocycles. The Labute approximate surface area is 112 Å². The van der Waals surface area contributed by atoms with Crippen LogP contribution in [-0.4, -0.2) is 29.4 Å². The Bertz CT molecular complexity index is 546. The number of aryl methyl sites for hydroxylation is 1. The van der Waals surface area contributed by atoms with E-state index in [1.807, 2.05) is 29.2 Å². The van der Waals surface area contributed by atoms with E-state index in [1.165, 1.54) is 7.11 Å². The lowest BCUT2D eigenvalue weighted by molar-refractivity contribution is 0.0601. The van der Waals surface area contributed by atoms with Crippen molar-refractivity contribution < 1.29 is 9.53 Å². The number of esters is 1. The molecule has 0 aliphatic heterocycles. The van der Waals surface area contributed by atoms with Crippen molar-refractivity contribution in [1.29, 1.82) is 0 Å². The van der Waals surface area contributed by atoms with E-state index in [-0.39, 0.29) is 5.97 Å². The summed E-state index contributed by atoms with van der Waals surface area (Å²) in [5.74, 6) is -0.329. The fraction of sp³-hybridized carbons (Fsp3) is 0.286. The predicted octanol–water partition coefficient (Wildman–Crippen LogP) is 1.69. The van der Waals surface area contributed by atoms with Crippen molar-refractivity contribution in [3.05, 3.63) is 42.2 Å². The molecule has 0 unspecified atom stereocenters. The number of methoxy groups -OCH3 is 1. The molecule has 100 valence electrons. The molecule has 5 heteroatoms. The minimum atomic E-state index is -0.329. The second kappa shape index (κ2) is 6.15. The minimum absolute atomic E-state index is 0.329. The van der Waals surface area contributed by atoms with Crippen LogP contribution >= 0.6 is 0 Å². The number of benzene rings is 1. The molecule has 5 nitrogen and oxygen atoms in total. The van der Waals surface area contributed by atoms with E-state index in [4.69, 9.17) is 5.73 Å². The van der Waals surface area contributed by atoms with Crippen LogP contribution in [0.1, 0.15) is 16.8 Å². The summed E-state index contributed by atoms with van der Waals surface area (Å²) in [7, 11) is 1.37. The Morgan fingerprint density at radius 1 is 1.32 bits per heavy atom. The lowest BCUT2D eigenvalue weighted by atomic mass is 10.1. The van der Waals surface area contributed by atoms with Crippen LogP contribution in [0.15, 0.2) is 36.7 Å². The molecule has 0 bridgehead atoms. The fourth-order valence-electron chi connectivity index (χ4n) is 1.80. The smallest absolute Gasteiger partial charge is 0.337 e. The molecule has 0 saturated heterocycles. The van der Waals surface area contributed by atoms with Crippen molar-refractivity contribution in [3.63, 3.8) is 0 Å². The third-order valence-electron chi connectivity index (χ3n) is 2.86. The number of hydrogen-bond acceptors (Lipinski definition) is 4. The zero-order chi connectivity index (χ0) is 13.7. The van der Waals surface area contributed by atoms with E-state index in [9.17, 15) is 4.79 Å². The largest absolute Gasteiger partial charge is 0.465 e. The second-order valence-electron chi connectivity index (χ2n) is 4.20. The Morgan fingerprint density at radius 2 is 2.05 bits per heavy atom. The van der Waals surface area contributed by atoms with Crippen LogP contribution in [0.2, 0.25) is 0 Å². The Kier molecular flexibility index (Phi) is 4.30. The van der Waals surface area contributed by atoms with Gasteiger partial charge >= 0.3 is 5.97 Å². The number of aromatic nitrogens is 2. The van der Waals surface area contributed by atoms with E-state index in [0.717, 1.165) is 24.1 Å². The lowest BCUT2D eigenvalue weighted by Crippen LogP contribution is -2.05. The SMILES string of the molecule is COC(=O)c1ccc(-c2cnn(CCCN)c2)cc1. The van der Waals surface area contributed by atoms with Gasteiger partial charge in [0.05, 0.1) is 18.9 Å². The van der Waals surface area contributed by atoms with Crippen molar-refractivity contribution in [1.82, 2.24) is 9.78 Å². The van der Waals surface area contributed by atoms with Gasteiger partial charge < -0.3 is 10.5 Å². The minimum Gasteiger partial charge on any atom is -0.465 e. The second-order valence-corrected chi connectivity index (χ2v) is 4.20. The van der Waals surface area contributed by atoms with Crippen molar-refractivity contribution >= 4 is 5.97 Å². The number of carbonyl (C=O) groups excluding carboxylic acids is 1. The normalized spacial score (nSPS) is 10.4. The third kappa shape index (κ3) is 3.20. The molecular formula is C14H17N3O2. The van der Waals surface area contributed by atoms with Gasteiger partial charge in [-0.3, -0.25) is 4.68 Å². The topological polar surface area (TPSA) is 70.1 Å². The highest BCUT2D eigenvalue weighted by Gasteiger charge is 2.06. The lowest BCUT2D eigenvalue weighted by Gasteiger charge is -2.01. The fourth-order valence-corrected chi connectivity index (χ4v) is 1.80. The average Bonchev–Trinajstić information content (AvgIpc) is 2.93. The molecule has 0 atom stereocenters. The molecule has 2 rings (SSSR count). The Hall–Kier alpha value is -2.14. The molecule has 2 N–H and O–H groups in total. The van der Waals surface area contributed by atoms with Crippen LogP contribution in [0.4, 0.5) is 0 Å². The van der Waals surface area contributed by atoms with Gasteiger partial charge in [-0.2, -0.15) is 5.10 Å². The van der Waals surface area contributed by atoms with Gasteiger partial charge in [0.1, 0.15) is 0 Å². The summed E-state index contributed by atoms with van der Waals surface area (Å²) in [5, 5.41) is 4.27. The molecule has 0 saturated carbocycles. The van der Waals surface area contributed by atoms with Crippen LogP contribution in [0.5, 0.6) is 0 Å². The van der Waals surface area contributed by atoms with Crippen LogP contribution in [0.25, 0.3) is 11.1 Å². The number of ether oxygens (including phenoxy) is 1. The summed E-state index contributed by atoms with van der Waals surface area (Å²) in [5.41, 5.74) is 8.05. The molecule has 0 aliphatic rings. The summed E-state index contributed by atoms with van der Waals surface area (Å²) in [6, 6.07) is 7.27. The quantitative estimate of drug-likeness (QED) is 0.829. The van der Waals surface area contributed by atoms with Gasteiger partial charge in [0.2, 0.25) is 0 Å². The first-order valence-corrected chi connectivity index (χ1v) is 6.16. The highest BCUT2D eigenvalue weighted by molar-refractivity contribution is 5.89. The first kappa shape index (κ1) is 13.3. The molecule has 0 spiro atoms. The average molecular weight is 259 g/mol. The van der Waals surface area contributed by atoms with Gasteiger partial charge in [0.25, 0.3) is 0 Å². The van der Waals surface area contributed by atoms with Crippen LogP contribution in [-0.2, 0) is 11.3 Å². The van der Waals surface area contributed by atoms with Crippen molar-refractivity contribution in [2.45, 2.75) is 13.0 Å². The van der Waals surface area contributed by atoms with E-state index < -0.39 is 0 Å². The summed E-state index contributed by atoms with van der Waals surface area (Å²) < 4.78 is 6.53. The summed E-state index contributed by atoms with van der Waals surface area (Å²) >= 11 is 0. The summed E-state index contributed by atoms with van der Waals surface area (Å²) in [6.45, 7) is 1.47. The van der Waals surface area contributed by atoms with E-state index in [1.54, 1.807) is 12.1 Å². The van der Waals surface area contributed by atoms with Crippen LogP contribution < -0.4 is 5.73 Å². The molecule has 0 amide bonds. The van der Waals surface area contributed by atoms with Crippen LogP contribution in [0, 0.1) is 0 Å². The van der Waals surface area contributed by atoms with Gasteiger partial charge in [-0.05, 0) is 30.7 Å². The first-order valence-electron chi connectivity index (χ1n) is 6.16. The number of carbonyl (C=O) groups is 1. The zero-order valence-corrected chi connectivity index (χ0v) is 10.9. The number of nitrogens with zero attached hydrogens (tertiary/aromatic N) is 2. The van der Waals surface area contributed by atoms with Gasteiger partial charge in [0.15, 0.2) is 0 Å². The monoisotopic (exact) mass is 259 g/mol. The van der Waals surface area contributed by atoms with Gasteiger partial charge in [-0.15, -0.1) is 0 Å². The molecule has 19 heavy (non-hydrogen) atoms. The number of rotatable bonds is 5. The number of nitrogens with two attached hydrogens (primary N) is 1. The van der Waals surface area contributed by atoms with Gasteiger partial charge in [-0.25, -0.2) is 4.79 Å². The zero-order valence-electron chi connectivity index (χ0n) is 10.9. The highest BCUT2D eigenvalue weighted by Crippen LogP contribution is 2.19. The van der Waals surface area contributed by atoms with Gasteiger partial charge in [-0.1, -0.05) is 12.1 Å². The van der Waals surface area contributed by atoms with Crippen molar-refractivity contribution in [3.8, 4) is 11.1 Å². The molecule has 1 heterocycles. The maximum atomic E-state index is 11.3. The van der Waals surface area contributed by atoms with Crippen molar-refractivity contribution in [2.24, 2.45) is 5.73 Å². The summed E-state index contributed by atoms with van der Waals surface area (Å²) in [6.07, 6.45) is 4.69. The highest BCUT2D eigenvalue weighted by atomic mass is 16.5. The molecule has 0 aliphatic carbocycles. The molecule has 0 fully saturated rings. The van der Waals surface area contributed by atoms with E-state index in [2.05, 4.69) is 9.84 Å². The van der Waals surface area contributed by atoms with Crippen molar-refractivity contribution in [2.75, 3.05) is 13.7 Å². The maximum Gasteiger partial charge on any atom is 0.337 e. The number of hydrogen-bond donors (Lipinski definition) is 1. The standard InChI is InChI=1S/C14H17N3O2/c1-19-14(18)12-5-3-11(4-6-12)13-9-16-17(10-13)8-2-7-15/h3-6,9-10H,2,7-8,15H2,1H3. The van der Waals surface area contributed by atoms with Crippen LogP contribution in [0.3, 0.4) is 0 Å². The molecular weight excluding hydrogens is 242 g/mol. The van der Waals surface area contributed by atoms with Gasteiger partial charge in [0, 0.05) is 18.3 Å². The van der Waals surface area contributed by atoms with E-state index in [0.29, 0.717) is 12.1 Å². The maximum absolute atomic E-state index is 11.3. The third-order valence-corrected chi connectivity index (χ3v) is 2.86.